The number of benzene rings is 1. The Hall–Kier alpha value is -1.77. The maximum atomic E-state index is 14.7. The lowest BCUT2D eigenvalue weighted by Crippen LogP contribution is -2.15. The van der Waals surface area contributed by atoms with Gasteiger partial charge in [0.1, 0.15) is 5.82 Å². The van der Waals surface area contributed by atoms with E-state index < -0.39 is 0 Å². The predicted octanol–water partition coefficient (Wildman–Crippen LogP) is 7.55. The lowest BCUT2D eigenvalue weighted by atomic mass is 9.78. The third-order valence-electron chi connectivity index (χ3n) is 6.61. The van der Waals surface area contributed by atoms with Crippen LogP contribution in [0.3, 0.4) is 0 Å². The number of hydrogen-bond acceptors (Lipinski definition) is 2. The molecule has 3 heteroatoms. The van der Waals surface area contributed by atoms with Crippen molar-refractivity contribution in [3.8, 4) is 11.3 Å². The number of aryl methyl sites for hydroxylation is 2. The monoisotopic (exact) mass is 396 g/mol. The molecule has 1 aromatic heterocycles. The molecule has 158 valence electrons. The number of rotatable bonds is 10. The number of halogens is 1. The Morgan fingerprint density at radius 1 is 0.828 bits per heavy atom. The molecule has 1 aliphatic carbocycles. The summed E-state index contributed by atoms with van der Waals surface area (Å²) in [7, 11) is 0. The second-order valence-electron chi connectivity index (χ2n) is 8.89. The van der Waals surface area contributed by atoms with E-state index in [2.05, 4.69) is 24.0 Å². The zero-order chi connectivity index (χ0) is 20.5. The molecule has 0 atom stereocenters. The van der Waals surface area contributed by atoms with E-state index in [0.717, 1.165) is 66.5 Å². The van der Waals surface area contributed by atoms with Gasteiger partial charge in [-0.15, -0.1) is 0 Å². The molecule has 0 radical (unpaired) electrons. The summed E-state index contributed by atoms with van der Waals surface area (Å²) in [4.78, 5) is 0. The minimum absolute atomic E-state index is 0.101. The van der Waals surface area contributed by atoms with Gasteiger partial charge in [-0.05, 0) is 61.3 Å². The first kappa shape index (κ1) is 21.9. The van der Waals surface area contributed by atoms with Gasteiger partial charge in [-0.25, -0.2) is 4.39 Å². The summed E-state index contributed by atoms with van der Waals surface area (Å²) in [6, 6.07) is 9.55. The van der Waals surface area contributed by atoms with E-state index in [0.29, 0.717) is 0 Å². The molecule has 0 bridgehead atoms. The van der Waals surface area contributed by atoms with E-state index in [-0.39, 0.29) is 5.82 Å². The van der Waals surface area contributed by atoms with E-state index in [9.17, 15) is 4.39 Å². The van der Waals surface area contributed by atoms with Crippen molar-refractivity contribution >= 4 is 0 Å². The van der Waals surface area contributed by atoms with Crippen LogP contribution in [-0.4, -0.2) is 10.2 Å². The van der Waals surface area contributed by atoms with Crippen molar-refractivity contribution in [1.82, 2.24) is 10.2 Å². The molecule has 0 amide bonds. The Labute approximate surface area is 176 Å². The number of hydrogen-bond donors (Lipinski definition) is 0. The summed E-state index contributed by atoms with van der Waals surface area (Å²) in [5.74, 6) is 1.61. The van der Waals surface area contributed by atoms with Gasteiger partial charge < -0.3 is 0 Å². The molecule has 2 aromatic rings. The van der Waals surface area contributed by atoms with Crippen LogP contribution in [0.5, 0.6) is 0 Å². The first-order valence-electron chi connectivity index (χ1n) is 11.8. The molecule has 0 unspecified atom stereocenters. The molecule has 0 N–H and O–H groups in total. The minimum atomic E-state index is -0.101. The SMILES string of the molecule is CCCCc1ccc(-c2ccc(CC[C@H]3CC[C@H](CCCC)CC3)c(F)c2)nn1. The molecular formula is C26H37FN2. The Bertz CT molecular complexity index is 733. The van der Waals surface area contributed by atoms with Gasteiger partial charge in [-0.3, -0.25) is 0 Å². The van der Waals surface area contributed by atoms with Crippen LogP contribution in [0.2, 0.25) is 0 Å². The summed E-state index contributed by atoms with van der Waals surface area (Å²) < 4.78 is 14.7. The van der Waals surface area contributed by atoms with Crippen molar-refractivity contribution in [3.63, 3.8) is 0 Å². The van der Waals surface area contributed by atoms with Crippen LogP contribution in [-0.2, 0) is 12.8 Å². The summed E-state index contributed by atoms with van der Waals surface area (Å²) in [6.07, 6.45) is 14.7. The largest absolute Gasteiger partial charge is 0.207 e. The molecule has 1 saturated carbocycles. The lowest BCUT2D eigenvalue weighted by Gasteiger charge is -2.28. The third-order valence-corrected chi connectivity index (χ3v) is 6.61. The molecule has 1 fully saturated rings. The van der Waals surface area contributed by atoms with Crippen molar-refractivity contribution in [1.29, 1.82) is 0 Å². The fourth-order valence-corrected chi connectivity index (χ4v) is 4.58. The van der Waals surface area contributed by atoms with Gasteiger partial charge in [0.15, 0.2) is 0 Å². The summed E-state index contributed by atoms with van der Waals surface area (Å²) in [6.45, 7) is 4.45. The first-order valence-corrected chi connectivity index (χ1v) is 11.8. The van der Waals surface area contributed by atoms with Gasteiger partial charge in [-0.2, -0.15) is 10.2 Å². The van der Waals surface area contributed by atoms with Gasteiger partial charge in [0, 0.05) is 5.56 Å². The van der Waals surface area contributed by atoms with Crippen LogP contribution >= 0.6 is 0 Å². The van der Waals surface area contributed by atoms with Crippen LogP contribution < -0.4 is 0 Å². The highest BCUT2D eigenvalue weighted by Gasteiger charge is 2.21. The normalized spacial score (nSPS) is 19.4. The fourth-order valence-electron chi connectivity index (χ4n) is 4.58. The minimum Gasteiger partial charge on any atom is -0.207 e. The zero-order valence-corrected chi connectivity index (χ0v) is 18.3. The number of unbranched alkanes of at least 4 members (excludes halogenated alkanes) is 2. The van der Waals surface area contributed by atoms with E-state index in [4.69, 9.17) is 0 Å². The van der Waals surface area contributed by atoms with Crippen molar-refractivity contribution in [2.45, 2.75) is 90.9 Å². The van der Waals surface area contributed by atoms with E-state index in [1.54, 1.807) is 6.07 Å². The lowest BCUT2D eigenvalue weighted by molar-refractivity contribution is 0.249. The molecule has 3 rings (SSSR count). The summed E-state index contributed by atoms with van der Waals surface area (Å²) >= 11 is 0. The highest BCUT2D eigenvalue weighted by Crippen LogP contribution is 2.34. The van der Waals surface area contributed by atoms with Gasteiger partial charge >= 0.3 is 0 Å². The van der Waals surface area contributed by atoms with Gasteiger partial charge in [0.25, 0.3) is 0 Å². The molecule has 0 spiro atoms. The zero-order valence-electron chi connectivity index (χ0n) is 18.3. The van der Waals surface area contributed by atoms with Gasteiger partial charge in [0.05, 0.1) is 11.4 Å². The quantitative estimate of drug-likeness (QED) is 0.414. The maximum absolute atomic E-state index is 14.7. The van der Waals surface area contributed by atoms with Crippen LogP contribution in [0, 0.1) is 17.7 Å². The first-order chi connectivity index (χ1) is 14.2. The van der Waals surface area contributed by atoms with Crippen molar-refractivity contribution in [2.24, 2.45) is 11.8 Å². The Morgan fingerprint density at radius 3 is 2.17 bits per heavy atom. The molecule has 1 aromatic carbocycles. The molecule has 29 heavy (non-hydrogen) atoms. The smallest absolute Gasteiger partial charge is 0.127 e. The predicted molar refractivity (Wildman–Crippen MR) is 119 cm³/mol. The highest BCUT2D eigenvalue weighted by atomic mass is 19.1. The van der Waals surface area contributed by atoms with Crippen molar-refractivity contribution < 1.29 is 4.39 Å². The maximum Gasteiger partial charge on any atom is 0.127 e. The second kappa shape index (κ2) is 11.4. The number of aromatic nitrogens is 2. The van der Waals surface area contributed by atoms with E-state index in [1.807, 2.05) is 24.3 Å². The molecule has 1 heterocycles. The van der Waals surface area contributed by atoms with Crippen LogP contribution in [0.1, 0.15) is 89.3 Å². The topological polar surface area (TPSA) is 25.8 Å². The van der Waals surface area contributed by atoms with Crippen molar-refractivity contribution in [3.05, 3.63) is 47.4 Å². The van der Waals surface area contributed by atoms with Crippen LogP contribution in [0.25, 0.3) is 11.3 Å². The Morgan fingerprint density at radius 2 is 1.55 bits per heavy atom. The van der Waals surface area contributed by atoms with Crippen LogP contribution in [0.15, 0.2) is 30.3 Å². The fraction of sp³-hybridized carbons (Fsp3) is 0.615. The average molecular weight is 397 g/mol. The Balaban J connectivity index is 1.51. The molecular weight excluding hydrogens is 359 g/mol. The van der Waals surface area contributed by atoms with Crippen LogP contribution in [0.4, 0.5) is 4.39 Å². The van der Waals surface area contributed by atoms with Crippen molar-refractivity contribution in [2.75, 3.05) is 0 Å². The Kier molecular flexibility index (Phi) is 8.64. The van der Waals surface area contributed by atoms with E-state index in [1.165, 1.54) is 44.9 Å². The molecule has 0 saturated heterocycles. The molecule has 1 aliphatic rings. The summed E-state index contributed by atoms with van der Waals surface area (Å²) in [5.41, 5.74) is 3.42. The molecule has 2 nitrogen and oxygen atoms in total. The standard InChI is InChI=1S/C26H37FN2/c1-3-5-7-20-9-11-21(12-10-20)13-14-22-15-16-23(19-25(22)27)26-18-17-24(28-29-26)8-6-4-2/h15-21H,3-14H2,1-2H3/t20-,21-. The van der Waals surface area contributed by atoms with Gasteiger partial charge in [-0.1, -0.05) is 77.3 Å². The second-order valence-corrected chi connectivity index (χ2v) is 8.89. The average Bonchev–Trinajstić information content (AvgIpc) is 2.76. The molecule has 0 aliphatic heterocycles. The summed E-state index contributed by atoms with van der Waals surface area (Å²) in [5, 5.41) is 8.60. The van der Waals surface area contributed by atoms with Gasteiger partial charge in [0.2, 0.25) is 0 Å². The highest BCUT2D eigenvalue weighted by molar-refractivity contribution is 5.59. The third kappa shape index (κ3) is 6.62. The van der Waals surface area contributed by atoms with E-state index >= 15 is 0 Å². The number of nitrogens with zero attached hydrogens (tertiary/aromatic N) is 2.